The van der Waals surface area contributed by atoms with E-state index < -0.39 is 0 Å². The number of benzene rings is 2. The van der Waals surface area contributed by atoms with Crippen LogP contribution in [0.3, 0.4) is 0 Å². The molecular weight excluding hydrogens is 331 g/mol. The first-order valence-corrected chi connectivity index (χ1v) is 8.42. The van der Waals surface area contributed by atoms with Crippen LogP contribution < -0.4 is 0 Å². The predicted octanol–water partition coefficient (Wildman–Crippen LogP) is 3.96. The minimum absolute atomic E-state index is 0.196. The first-order chi connectivity index (χ1) is 12.5. The van der Waals surface area contributed by atoms with Crippen molar-refractivity contribution < 1.29 is 9.13 Å². The second-order valence-electron chi connectivity index (χ2n) is 6.34. The smallest absolute Gasteiger partial charge is 0.243 e. The number of ether oxygens (including phenoxy) is 1. The highest BCUT2D eigenvalue weighted by Crippen LogP contribution is 2.26. The quantitative estimate of drug-likeness (QED) is 0.718. The summed E-state index contributed by atoms with van der Waals surface area (Å²) < 4.78 is 22.1. The molecule has 2 aromatic carbocycles. The van der Waals surface area contributed by atoms with E-state index in [4.69, 9.17) is 4.74 Å². The Bertz CT molecular complexity index is 995. The molecule has 2 heterocycles. The topological polar surface area (TPSA) is 42.7 Å². The van der Waals surface area contributed by atoms with E-state index in [1.54, 1.807) is 18.1 Å². The lowest BCUT2D eigenvalue weighted by molar-refractivity contribution is 0.0959. The molecule has 0 N–H and O–H groups in total. The third-order valence-corrected chi connectivity index (χ3v) is 4.42. The van der Waals surface area contributed by atoms with Gasteiger partial charge in [0.25, 0.3) is 0 Å². The van der Waals surface area contributed by atoms with E-state index in [0.717, 1.165) is 22.5 Å². The lowest BCUT2D eigenvalue weighted by Gasteiger charge is -2.11. The van der Waals surface area contributed by atoms with Crippen LogP contribution in [0.15, 0.2) is 59.8 Å². The number of nitrogens with zero attached hydrogens (tertiary/aromatic N) is 4. The van der Waals surface area contributed by atoms with Gasteiger partial charge in [-0.25, -0.2) is 9.07 Å². The fourth-order valence-corrected chi connectivity index (χ4v) is 2.86. The van der Waals surface area contributed by atoms with Crippen molar-refractivity contribution in [1.82, 2.24) is 14.8 Å². The molecule has 1 aliphatic heterocycles. The maximum atomic E-state index is 14.7. The summed E-state index contributed by atoms with van der Waals surface area (Å²) in [5.74, 6) is -0.0473. The summed E-state index contributed by atoms with van der Waals surface area (Å²) >= 11 is 0. The fourth-order valence-electron chi connectivity index (χ4n) is 2.86. The van der Waals surface area contributed by atoms with Gasteiger partial charge in [-0.1, -0.05) is 18.2 Å². The molecule has 0 spiro atoms. The molecule has 5 nitrogen and oxygen atoms in total. The number of halogens is 1. The van der Waals surface area contributed by atoms with Crippen molar-refractivity contribution in [3.8, 4) is 16.8 Å². The Labute approximate surface area is 151 Å². The maximum Gasteiger partial charge on any atom is 0.243 e. The average molecular weight is 350 g/mol. The maximum absolute atomic E-state index is 14.7. The molecule has 0 bridgehead atoms. The Hall–Kier alpha value is -3.15. The third kappa shape index (κ3) is 2.94. The van der Waals surface area contributed by atoms with E-state index in [-0.39, 0.29) is 12.0 Å². The van der Waals surface area contributed by atoms with Crippen molar-refractivity contribution in [2.45, 2.75) is 20.1 Å². The predicted molar refractivity (Wildman–Crippen MR) is 98.5 cm³/mol. The Kier molecular flexibility index (Phi) is 3.95. The van der Waals surface area contributed by atoms with Gasteiger partial charge in [-0.15, -0.1) is 5.10 Å². The molecule has 6 heteroatoms. The lowest BCUT2D eigenvalue weighted by Crippen LogP contribution is -2.20. The van der Waals surface area contributed by atoms with Crippen LogP contribution in [0.25, 0.3) is 16.8 Å². The van der Waals surface area contributed by atoms with Gasteiger partial charge < -0.3 is 4.74 Å². The van der Waals surface area contributed by atoms with E-state index in [9.17, 15) is 4.39 Å². The van der Waals surface area contributed by atoms with Gasteiger partial charge in [0.15, 0.2) is 6.23 Å². The number of aryl methyl sites for hydroxylation is 1. The van der Waals surface area contributed by atoms with Gasteiger partial charge in [-0.3, -0.25) is 5.01 Å². The van der Waals surface area contributed by atoms with E-state index in [0.29, 0.717) is 11.5 Å². The Morgan fingerprint density at radius 3 is 2.54 bits per heavy atom. The number of hydrazone groups is 1. The molecule has 26 heavy (non-hydrogen) atoms. The van der Waals surface area contributed by atoms with Crippen molar-refractivity contribution in [1.29, 1.82) is 0 Å². The van der Waals surface area contributed by atoms with Crippen LogP contribution in [-0.2, 0) is 4.74 Å². The van der Waals surface area contributed by atoms with Crippen LogP contribution in [-0.4, -0.2) is 34.0 Å². The molecule has 1 atom stereocenters. The standard InChI is InChI=1S/C20H19FN4O/c1-13-9-10-25(22-13)17-6-4-5-15(11-17)16-7-8-18(19(21)12-16)20-23-24(3)14(2)26-20/h4-12,14H,1-3H3. The Balaban J connectivity index is 1.67. The van der Waals surface area contributed by atoms with Gasteiger partial charge in [-0.2, -0.15) is 5.10 Å². The number of hydrogen-bond acceptors (Lipinski definition) is 4. The largest absolute Gasteiger partial charge is 0.451 e. The second kappa shape index (κ2) is 6.29. The van der Waals surface area contributed by atoms with E-state index in [1.807, 2.05) is 61.1 Å². The fraction of sp³-hybridized carbons (Fsp3) is 0.200. The van der Waals surface area contributed by atoms with Gasteiger partial charge in [0, 0.05) is 13.2 Å². The van der Waals surface area contributed by atoms with E-state index >= 15 is 0 Å². The number of aromatic nitrogens is 2. The lowest BCUT2D eigenvalue weighted by atomic mass is 10.0. The first-order valence-electron chi connectivity index (χ1n) is 8.42. The van der Waals surface area contributed by atoms with Crippen LogP contribution in [0.5, 0.6) is 0 Å². The van der Waals surface area contributed by atoms with Crippen molar-refractivity contribution in [3.63, 3.8) is 0 Å². The minimum Gasteiger partial charge on any atom is -0.451 e. The molecular formula is C20H19FN4O. The molecule has 0 radical (unpaired) electrons. The van der Waals surface area contributed by atoms with Gasteiger partial charge in [0.05, 0.1) is 16.9 Å². The molecule has 0 amide bonds. The summed E-state index contributed by atoms with van der Waals surface area (Å²) in [7, 11) is 1.80. The molecule has 4 rings (SSSR count). The zero-order valence-corrected chi connectivity index (χ0v) is 14.8. The minimum atomic E-state index is -0.357. The molecule has 3 aromatic rings. The Morgan fingerprint density at radius 1 is 1.08 bits per heavy atom. The zero-order valence-electron chi connectivity index (χ0n) is 14.8. The van der Waals surface area contributed by atoms with Crippen LogP contribution in [0.1, 0.15) is 18.2 Å². The number of hydrogen-bond donors (Lipinski definition) is 0. The average Bonchev–Trinajstić information content (AvgIpc) is 3.21. The van der Waals surface area contributed by atoms with E-state index in [2.05, 4.69) is 10.2 Å². The van der Waals surface area contributed by atoms with E-state index in [1.165, 1.54) is 6.07 Å². The third-order valence-electron chi connectivity index (χ3n) is 4.42. The summed E-state index contributed by atoms with van der Waals surface area (Å²) in [6.45, 7) is 3.81. The molecule has 132 valence electrons. The Morgan fingerprint density at radius 2 is 1.88 bits per heavy atom. The van der Waals surface area contributed by atoms with Crippen molar-refractivity contribution in [2.24, 2.45) is 5.10 Å². The summed E-state index contributed by atoms with van der Waals surface area (Å²) in [4.78, 5) is 0. The summed E-state index contributed by atoms with van der Waals surface area (Å²) in [6, 6.07) is 14.9. The molecule has 1 unspecified atom stereocenters. The van der Waals surface area contributed by atoms with Gasteiger partial charge in [-0.05, 0) is 55.3 Å². The molecule has 0 fully saturated rings. The summed E-state index contributed by atoms with van der Waals surface area (Å²) in [6.07, 6.45) is 1.71. The van der Waals surface area contributed by atoms with Gasteiger partial charge >= 0.3 is 0 Å². The highest BCUT2D eigenvalue weighted by Gasteiger charge is 2.24. The molecule has 0 saturated carbocycles. The monoisotopic (exact) mass is 350 g/mol. The second-order valence-corrected chi connectivity index (χ2v) is 6.34. The van der Waals surface area contributed by atoms with Gasteiger partial charge in [0.2, 0.25) is 5.90 Å². The highest BCUT2D eigenvalue weighted by molar-refractivity contribution is 5.95. The summed E-state index contributed by atoms with van der Waals surface area (Å²) in [5, 5.41) is 10.3. The first kappa shape index (κ1) is 16.3. The molecule has 1 aromatic heterocycles. The molecule has 1 aliphatic rings. The molecule has 0 saturated heterocycles. The van der Waals surface area contributed by atoms with Crippen molar-refractivity contribution >= 4 is 5.90 Å². The van der Waals surface area contributed by atoms with Crippen LogP contribution in [0.2, 0.25) is 0 Å². The van der Waals surface area contributed by atoms with Crippen LogP contribution in [0.4, 0.5) is 4.39 Å². The normalized spacial score (nSPS) is 16.5. The SMILES string of the molecule is Cc1ccn(-c2cccc(-c3ccc(C4=NN(C)C(C)O4)c(F)c3)c2)n1. The highest BCUT2D eigenvalue weighted by atomic mass is 19.1. The van der Waals surface area contributed by atoms with Crippen molar-refractivity contribution in [3.05, 3.63) is 71.8 Å². The van der Waals surface area contributed by atoms with Crippen LogP contribution in [0, 0.1) is 12.7 Å². The molecule has 0 aliphatic carbocycles. The van der Waals surface area contributed by atoms with Gasteiger partial charge in [0.1, 0.15) is 5.82 Å². The zero-order chi connectivity index (χ0) is 18.3. The van der Waals surface area contributed by atoms with Crippen LogP contribution >= 0.6 is 0 Å². The summed E-state index contributed by atoms with van der Waals surface area (Å²) in [5.41, 5.74) is 3.95. The van der Waals surface area contributed by atoms with Crippen molar-refractivity contribution in [2.75, 3.05) is 7.05 Å². The number of rotatable bonds is 3.